The molecule has 20 heavy (non-hydrogen) atoms. The van der Waals surface area contributed by atoms with Gasteiger partial charge in [-0.05, 0) is 32.6 Å². The van der Waals surface area contributed by atoms with Crippen LogP contribution in [0.25, 0.3) is 0 Å². The first-order chi connectivity index (χ1) is 9.61. The molecule has 1 saturated carbocycles. The molecule has 0 unspecified atom stereocenters. The fraction of sp³-hybridized carbons (Fsp3) is 0.750. The molecule has 0 bridgehead atoms. The number of aromatic nitrogens is 2. The molecule has 4 nitrogen and oxygen atoms in total. The van der Waals surface area contributed by atoms with Gasteiger partial charge in [0.2, 0.25) is 0 Å². The van der Waals surface area contributed by atoms with Gasteiger partial charge in [-0.15, -0.1) is 0 Å². The van der Waals surface area contributed by atoms with Crippen molar-refractivity contribution in [2.75, 3.05) is 18.0 Å². The third-order valence-corrected chi connectivity index (χ3v) is 4.19. The van der Waals surface area contributed by atoms with E-state index < -0.39 is 0 Å². The SMILES string of the molecule is Cc1cc(N2CCC(NC(C)C)CC2)nc(C2CC2)n1. The molecule has 0 spiro atoms. The average molecular weight is 274 g/mol. The topological polar surface area (TPSA) is 41.0 Å². The summed E-state index contributed by atoms with van der Waals surface area (Å²) in [5.41, 5.74) is 1.11. The predicted molar refractivity (Wildman–Crippen MR) is 82.3 cm³/mol. The van der Waals surface area contributed by atoms with Gasteiger partial charge in [-0.2, -0.15) is 0 Å². The highest BCUT2D eigenvalue weighted by Crippen LogP contribution is 2.38. The van der Waals surface area contributed by atoms with Crippen LogP contribution < -0.4 is 10.2 Å². The van der Waals surface area contributed by atoms with Crippen molar-refractivity contribution < 1.29 is 0 Å². The zero-order valence-electron chi connectivity index (χ0n) is 12.9. The van der Waals surface area contributed by atoms with Crippen LogP contribution in [0.15, 0.2) is 6.07 Å². The molecule has 1 aromatic rings. The molecular formula is C16H26N4. The summed E-state index contributed by atoms with van der Waals surface area (Å²) in [5, 5.41) is 3.65. The Morgan fingerprint density at radius 1 is 1.15 bits per heavy atom. The normalized spacial score (nSPS) is 20.7. The summed E-state index contributed by atoms with van der Waals surface area (Å²) < 4.78 is 0. The molecule has 0 atom stereocenters. The second kappa shape index (κ2) is 5.68. The van der Waals surface area contributed by atoms with E-state index in [1.165, 1.54) is 25.7 Å². The molecule has 4 heteroatoms. The van der Waals surface area contributed by atoms with Crippen molar-refractivity contribution in [1.82, 2.24) is 15.3 Å². The van der Waals surface area contributed by atoms with Crippen molar-refractivity contribution in [3.05, 3.63) is 17.6 Å². The number of hydrogen-bond donors (Lipinski definition) is 1. The van der Waals surface area contributed by atoms with Gasteiger partial charge in [0.05, 0.1) is 0 Å². The van der Waals surface area contributed by atoms with Crippen molar-refractivity contribution in [1.29, 1.82) is 0 Å². The summed E-state index contributed by atoms with van der Waals surface area (Å²) in [6.07, 6.45) is 4.95. The summed E-state index contributed by atoms with van der Waals surface area (Å²) in [6, 6.07) is 3.38. The van der Waals surface area contributed by atoms with Crippen LogP contribution in [0.1, 0.15) is 57.0 Å². The van der Waals surface area contributed by atoms with Crippen LogP contribution in [-0.2, 0) is 0 Å². The lowest BCUT2D eigenvalue weighted by Crippen LogP contribution is -2.45. The first-order valence-electron chi connectivity index (χ1n) is 7.98. The lowest BCUT2D eigenvalue weighted by atomic mass is 10.0. The van der Waals surface area contributed by atoms with E-state index in [0.29, 0.717) is 18.0 Å². The number of nitrogens with one attached hydrogen (secondary N) is 1. The third kappa shape index (κ3) is 3.29. The van der Waals surface area contributed by atoms with Gasteiger partial charge in [0.15, 0.2) is 0 Å². The molecule has 2 fully saturated rings. The maximum atomic E-state index is 4.80. The minimum absolute atomic E-state index is 0.578. The van der Waals surface area contributed by atoms with E-state index in [0.717, 1.165) is 30.4 Å². The Balaban J connectivity index is 1.65. The van der Waals surface area contributed by atoms with Crippen molar-refractivity contribution >= 4 is 5.82 Å². The molecule has 1 saturated heterocycles. The average Bonchev–Trinajstić information content (AvgIpc) is 3.22. The van der Waals surface area contributed by atoms with Crippen molar-refractivity contribution in [2.45, 2.75) is 64.5 Å². The molecule has 0 amide bonds. The highest BCUT2D eigenvalue weighted by Gasteiger charge is 2.28. The Hall–Kier alpha value is -1.16. The summed E-state index contributed by atoms with van der Waals surface area (Å²) in [7, 11) is 0. The lowest BCUT2D eigenvalue weighted by Gasteiger charge is -2.34. The molecule has 1 N–H and O–H groups in total. The van der Waals surface area contributed by atoms with Gasteiger partial charge < -0.3 is 10.2 Å². The quantitative estimate of drug-likeness (QED) is 0.916. The van der Waals surface area contributed by atoms with E-state index in [9.17, 15) is 0 Å². The summed E-state index contributed by atoms with van der Waals surface area (Å²) >= 11 is 0. The van der Waals surface area contributed by atoms with Gasteiger partial charge in [0.25, 0.3) is 0 Å². The van der Waals surface area contributed by atoms with Gasteiger partial charge in [0, 0.05) is 42.9 Å². The number of rotatable bonds is 4. The molecule has 0 aromatic carbocycles. The Morgan fingerprint density at radius 3 is 2.45 bits per heavy atom. The lowest BCUT2D eigenvalue weighted by molar-refractivity contribution is 0.386. The van der Waals surface area contributed by atoms with E-state index in [1.807, 2.05) is 0 Å². The third-order valence-electron chi connectivity index (χ3n) is 4.19. The number of nitrogens with zero attached hydrogens (tertiary/aromatic N) is 3. The summed E-state index contributed by atoms with van der Waals surface area (Å²) in [6.45, 7) is 8.74. The Bertz CT molecular complexity index is 460. The van der Waals surface area contributed by atoms with Gasteiger partial charge in [-0.3, -0.25) is 0 Å². The van der Waals surface area contributed by atoms with E-state index in [1.54, 1.807) is 0 Å². The highest BCUT2D eigenvalue weighted by atomic mass is 15.2. The minimum Gasteiger partial charge on any atom is -0.356 e. The van der Waals surface area contributed by atoms with Crippen LogP contribution in [0.3, 0.4) is 0 Å². The Morgan fingerprint density at radius 2 is 1.85 bits per heavy atom. The Labute approximate surface area is 122 Å². The largest absolute Gasteiger partial charge is 0.356 e. The standard InChI is InChI=1S/C16H26N4/c1-11(2)17-14-6-8-20(9-7-14)15-10-12(3)18-16(19-15)13-4-5-13/h10-11,13-14,17H,4-9H2,1-3H3. The molecule has 1 aliphatic carbocycles. The monoisotopic (exact) mass is 274 g/mol. The molecule has 110 valence electrons. The summed E-state index contributed by atoms with van der Waals surface area (Å²) in [5.74, 6) is 2.85. The zero-order chi connectivity index (χ0) is 14.1. The van der Waals surface area contributed by atoms with E-state index in [2.05, 4.69) is 42.0 Å². The van der Waals surface area contributed by atoms with E-state index in [-0.39, 0.29) is 0 Å². The molecule has 0 radical (unpaired) electrons. The van der Waals surface area contributed by atoms with E-state index in [4.69, 9.17) is 4.98 Å². The maximum Gasteiger partial charge on any atom is 0.134 e. The van der Waals surface area contributed by atoms with Crippen LogP contribution in [0.5, 0.6) is 0 Å². The number of aryl methyl sites for hydroxylation is 1. The van der Waals surface area contributed by atoms with Crippen molar-refractivity contribution in [3.63, 3.8) is 0 Å². The predicted octanol–water partition coefficient (Wildman–Crippen LogP) is 2.63. The molecular weight excluding hydrogens is 248 g/mol. The first kappa shape index (κ1) is 13.8. The van der Waals surface area contributed by atoms with Gasteiger partial charge in [-0.25, -0.2) is 9.97 Å². The van der Waals surface area contributed by atoms with Crippen LogP contribution >= 0.6 is 0 Å². The molecule has 3 rings (SSSR count). The van der Waals surface area contributed by atoms with Crippen LogP contribution in [-0.4, -0.2) is 35.1 Å². The first-order valence-corrected chi connectivity index (χ1v) is 7.98. The highest BCUT2D eigenvalue weighted by molar-refractivity contribution is 5.41. The van der Waals surface area contributed by atoms with Gasteiger partial charge in [0.1, 0.15) is 11.6 Å². The fourth-order valence-electron chi connectivity index (χ4n) is 3.01. The smallest absolute Gasteiger partial charge is 0.134 e. The van der Waals surface area contributed by atoms with Crippen LogP contribution in [0.4, 0.5) is 5.82 Å². The van der Waals surface area contributed by atoms with E-state index >= 15 is 0 Å². The number of hydrogen-bond acceptors (Lipinski definition) is 4. The Kier molecular flexibility index (Phi) is 3.92. The number of piperidine rings is 1. The minimum atomic E-state index is 0.578. The molecule has 2 heterocycles. The van der Waals surface area contributed by atoms with Gasteiger partial charge >= 0.3 is 0 Å². The molecule has 1 aromatic heterocycles. The zero-order valence-corrected chi connectivity index (χ0v) is 12.9. The summed E-state index contributed by atoms with van der Waals surface area (Å²) in [4.78, 5) is 11.8. The van der Waals surface area contributed by atoms with Crippen LogP contribution in [0, 0.1) is 6.92 Å². The van der Waals surface area contributed by atoms with Crippen molar-refractivity contribution in [2.24, 2.45) is 0 Å². The van der Waals surface area contributed by atoms with Crippen molar-refractivity contribution in [3.8, 4) is 0 Å². The second-order valence-corrected chi connectivity index (χ2v) is 6.58. The van der Waals surface area contributed by atoms with Gasteiger partial charge in [-0.1, -0.05) is 13.8 Å². The van der Waals surface area contributed by atoms with Crippen LogP contribution in [0.2, 0.25) is 0 Å². The maximum absolute atomic E-state index is 4.80. The number of anilines is 1. The fourth-order valence-corrected chi connectivity index (χ4v) is 3.01. The molecule has 2 aliphatic rings. The second-order valence-electron chi connectivity index (χ2n) is 6.58. The molecule has 1 aliphatic heterocycles.